The number of carbonyl (C=O) groups is 1. The predicted octanol–water partition coefficient (Wildman–Crippen LogP) is 2.87. The summed E-state index contributed by atoms with van der Waals surface area (Å²) in [6.07, 6.45) is 0. The summed E-state index contributed by atoms with van der Waals surface area (Å²) >= 11 is 0. The summed E-state index contributed by atoms with van der Waals surface area (Å²) in [5.74, 6) is 1.40. The van der Waals surface area contributed by atoms with Gasteiger partial charge in [0.2, 0.25) is 0 Å². The van der Waals surface area contributed by atoms with Crippen LogP contribution >= 0.6 is 0 Å². The lowest BCUT2D eigenvalue weighted by atomic mass is 9.93. The molecule has 30 heavy (non-hydrogen) atoms. The van der Waals surface area contributed by atoms with Crippen LogP contribution in [0.3, 0.4) is 0 Å². The second kappa shape index (κ2) is 8.66. The number of nitrogens with one attached hydrogen (secondary N) is 1. The van der Waals surface area contributed by atoms with Gasteiger partial charge in [-0.25, -0.2) is 0 Å². The van der Waals surface area contributed by atoms with Gasteiger partial charge in [0.1, 0.15) is 13.2 Å². The van der Waals surface area contributed by atoms with Gasteiger partial charge in [0.15, 0.2) is 11.5 Å². The van der Waals surface area contributed by atoms with Gasteiger partial charge in [-0.2, -0.15) is 0 Å². The third kappa shape index (κ3) is 4.77. The van der Waals surface area contributed by atoms with Crippen LogP contribution < -0.4 is 14.8 Å². The molecule has 2 aromatic carbocycles. The van der Waals surface area contributed by atoms with Crippen LogP contribution in [0.1, 0.15) is 35.3 Å². The number of amides is 1. The standard InChI is InChI=1S/C24H31N3O3/c1-24(2,20-8-9-21-22(16-20)30-15-14-29-21)25-23(28)19-6-4-18(5-7-19)17-27-12-10-26(3)11-13-27/h4-9,16H,10-15,17H2,1-3H3,(H,25,28). The zero-order chi connectivity index (χ0) is 21.1. The highest BCUT2D eigenvalue weighted by atomic mass is 16.6. The average molecular weight is 410 g/mol. The molecule has 0 atom stereocenters. The summed E-state index contributed by atoms with van der Waals surface area (Å²) in [6.45, 7) is 10.4. The molecule has 6 heteroatoms. The maximum Gasteiger partial charge on any atom is 0.251 e. The highest BCUT2D eigenvalue weighted by molar-refractivity contribution is 5.94. The fourth-order valence-corrected chi connectivity index (χ4v) is 3.89. The van der Waals surface area contributed by atoms with Crippen molar-refractivity contribution in [2.75, 3.05) is 46.4 Å². The molecule has 6 nitrogen and oxygen atoms in total. The zero-order valence-electron chi connectivity index (χ0n) is 18.1. The summed E-state index contributed by atoms with van der Waals surface area (Å²) in [6, 6.07) is 13.8. The minimum absolute atomic E-state index is 0.0824. The van der Waals surface area contributed by atoms with Crippen LogP contribution in [0.15, 0.2) is 42.5 Å². The number of benzene rings is 2. The van der Waals surface area contributed by atoms with Gasteiger partial charge in [-0.3, -0.25) is 9.69 Å². The van der Waals surface area contributed by atoms with Crippen molar-refractivity contribution >= 4 is 5.91 Å². The van der Waals surface area contributed by atoms with E-state index in [0.29, 0.717) is 18.8 Å². The molecule has 2 aliphatic heterocycles. The summed E-state index contributed by atoms with van der Waals surface area (Å²) in [5, 5.41) is 3.15. The van der Waals surface area contributed by atoms with Crippen LogP contribution in [0.5, 0.6) is 11.5 Å². The summed E-state index contributed by atoms with van der Waals surface area (Å²) in [4.78, 5) is 17.7. The second-order valence-electron chi connectivity index (χ2n) is 8.71. The first-order chi connectivity index (χ1) is 14.4. The summed E-state index contributed by atoms with van der Waals surface area (Å²) in [5.41, 5.74) is 2.35. The van der Waals surface area contributed by atoms with E-state index in [9.17, 15) is 4.79 Å². The number of fused-ring (bicyclic) bond motifs is 1. The molecule has 1 saturated heterocycles. The first-order valence-electron chi connectivity index (χ1n) is 10.6. The SMILES string of the molecule is CN1CCN(Cc2ccc(C(=O)NC(C)(C)c3ccc4c(c3)OCCO4)cc2)CC1. The minimum Gasteiger partial charge on any atom is -0.486 e. The van der Waals surface area contributed by atoms with Crippen molar-refractivity contribution in [3.05, 3.63) is 59.2 Å². The third-order valence-electron chi connectivity index (χ3n) is 5.91. The Hall–Kier alpha value is -2.57. The van der Waals surface area contributed by atoms with Crippen molar-refractivity contribution in [3.63, 3.8) is 0 Å². The van der Waals surface area contributed by atoms with Crippen molar-refractivity contribution in [2.45, 2.75) is 25.9 Å². The molecule has 0 unspecified atom stereocenters. The van der Waals surface area contributed by atoms with E-state index < -0.39 is 5.54 Å². The van der Waals surface area contributed by atoms with Crippen molar-refractivity contribution in [1.82, 2.24) is 15.1 Å². The van der Waals surface area contributed by atoms with E-state index in [0.717, 1.165) is 49.8 Å². The van der Waals surface area contributed by atoms with E-state index in [4.69, 9.17) is 9.47 Å². The van der Waals surface area contributed by atoms with E-state index in [2.05, 4.69) is 34.3 Å². The highest BCUT2D eigenvalue weighted by Crippen LogP contribution is 2.34. The Morgan fingerprint density at radius 1 is 0.967 bits per heavy atom. The van der Waals surface area contributed by atoms with Gasteiger partial charge in [-0.1, -0.05) is 18.2 Å². The van der Waals surface area contributed by atoms with Gasteiger partial charge in [0, 0.05) is 38.3 Å². The summed E-state index contributed by atoms with van der Waals surface area (Å²) < 4.78 is 11.3. The molecule has 2 aromatic rings. The Morgan fingerprint density at radius 3 is 2.33 bits per heavy atom. The van der Waals surface area contributed by atoms with Gasteiger partial charge < -0.3 is 19.7 Å². The molecule has 0 saturated carbocycles. The molecule has 1 N–H and O–H groups in total. The van der Waals surface area contributed by atoms with E-state index >= 15 is 0 Å². The quantitative estimate of drug-likeness (QED) is 0.823. The molecule has 2 aliphatic rings. The Balaban J connectivity index is 1.39. The number of hydrogen-bond donors (Lipinski definition) is 1. The Kier molecular flexibility index (Phi) is 5.97. The number of ether oxygens (including phenoxy) is 2. The number of carbonyl (C=O) groups excluding carboxylic acids is 1. The fraction of sp³-hybridized carbons (Fsp3) is 0.458. The lowest BCUT2D eigenvalue weighted by molar-refractivity contribution is 0.0911. The van der Waals surface area contributed by atoms with Gasteiger partial charge >= 0.3 is 0 Å². The number of nitrogens with zero attached hydrogens (tertiary/aromatic N) is 2. The highest BCUT2D eigenvalue weighted by Gasteiger charge is 2.26. The lowest BCUT2D eigenvalue weighted by Crippen LogP contribution is -2.43. The molecular formula is C24H31N3O3. The molecule has 0 bridgehead atoms. The number of hydrogen-bond acceptors (Lipinski definition) is 5. The zero-order valence-corrected chi connectivity index (χ0v) is 18.1. The fourth-order valence-electron chi connectivity index (χ4n) is 3.89. The smallest absolute Gasteiger partial charge is 0.251 e. The van der Waals surface area contributed by atoms with Crippen LogP contribution in [-0.4, -0.2) is 62.1 Å². The first-order valence-corrected chi connectivity index (χ1v) is 10.6. The number of rotatable bonds is 5. The van der Waals surface area contributed by atoms with Gasteiger partial charge in [-0.05, 0) is 56.3 Å². The summed E-state index contributed by atoms with van der Waals surface area (Å²) in [7, 11) is 2.16. The van der Waals surface area contributed by atoms with Gasteiger partial charge in [0.25, 0.3) is 5.91 Å². The molecule has 0 radical (unpaired) electrons. The maximum atomic E-state index is 12.9. The molecule has 4 rings (SSSR count). The Bertz CT molecular complexity index is 887. The van der Waals surface area contributed by atoms with Crippen LogP contribution in [-0.2, 0) is 12.1 Å². The molecule has 2 heterocycles. The average Bonchev–Trinajstić information content (AvgIpc) is 2.75. The van der Waals surface area contributed by atoms with E-state index in [1.54, 1.807) is 0 Å². The first kappa shape index (κ1) is 20.7. The lowest BCUT2D eigenvalue weighted by Gasteiger charge is -2.32. The molecule has 160 valence electrons. The maximum absolute atomic E-state index is 12.9. The minimum atomic E-state index is -0.536. The topological polar surface area (TPSA) is 54.0 Å². The van der Waals surface area contributed by atoms with Crippen molar-refractivity contribution in [1.29, 1.82) is 0 Å². The van der Waals surface area contributed by atoms with Crippen molar-refractivity contribution in [2.24, 2.45) is 0 Å². The Morgan fingerprint density at radius 2 is 1.63 bits per heavy atom. The van der Waals surface area contributed by atoms with E-state index in [1.165, 1.54) is 5.56 Å². The van der Waals surface area contributed by atoms with Crippen molar-refractivity contribution in [3.8, 4) is 11.5 Å². The monoisotopic (exact) mass is 409 g/mol. The van der Waals surface area contributed by atoms with E-state index in [-0.39, 0.29) is 5.91 Å². The van der Waals surface area contributed by atoms with Crippen LogP contribution in [0.2, 0.25) is 0 Å². The number of likely N-dealkylation sites (N-methyl/N-ethyl adjacent to an activating group) is 1. The van der Waals surface area contributed by atoms with Crippen LogP contribution in [0.25, 0.3) is 0 Å². The van der Waals surface area contributed by atoms with Gasteiger partial charge in [0.05, 0.1) is 5.54 Å². The largest absolute Gasteiger partial charge is 0.486 e. The van der Waals surface area contributed by atoms with Gasteiger partial charge in [-0.15, -0.1) is 0 Å². The predicted molar refractivity (Wildman–Crippen MR) is 117 cm³/mol. The third-order valence-corrected chi connectivity index (χ3v) is 5.91. The van der Waals surface area contributed by atoms with Crippen LogP contribution in [0, 0.1) is 0 Å². The molecular weight excluding hydrogens is 378 g/mol. The Labute approximate surface area is 178 Å². The normalized spacial score (nSPS) is 17.6. The molecule has 0 aliphatic carbocycles. The molecule has 1 amide bonds. The second-order valence-corrected chi connectivity index (χ2v) is 8.71. The van der Waals surface area contributed by atoms with Crippen LogP contribution in [0.4, 0.5) is 0 Å². The number of piperazine rings is 1. The van der Waals surface area contributed by atoms with Crippen molar-refractivity contribution < 1.29 is 14.3 Å². The molecule has 1 fully saturated rings. The van der Waals surface area contributed by atoms with E-state index in [1.807, 2.05) is 44.2 Å². The molecule has 0 aromatic heterocycles. The molecule has 0 spiro atoms.